The summed E-state index contributed by atoms with van der Waals surface area (Å²) in [4.78, 5) is 15.8. The number of hydrogen-bond donors (Lipinski definition) is 9. The van der Waals surface area contributed by atoms with Crippen molar-refractivity contribution in [3.63, 3.8) is 0 Å². The van der Waals surface area contributed by atoms with E-state index in [2.05, 4.69) is 15.5 Å². The van der Waals surface area contributed by atoms with Crippen LogP contribution in [0, 0.1) is 0 Å². The molecule has 16 nitrogen and oxygen atoms in total. The Morgan fingerprint density at radius 2 is 1.81 bits per heavy atom. The number of piperidine rings is 1. The van der Waals surface area contributed by atoms with E-state index in [-0.39, 0.29) is 34.8 Å². The molecule has 9 atom stereocenters. The first kappa shape index (κ1) is 36.4. The Morgan fingerprint density at radius 3 is 2.47 bits per heavy atom. The molecule has 1 amide bonds. The summed E-state index contributed by atoms with van der Waals surface area (Å²) in [5.74, 6) is -0.0309. The van der Waals surface area contributed by atoms with Gasteiger partial charge in [-0.15, -0.1) is 0 Å². The van der Waals surface area contributed by atoms with E-state index in [0.29, 0.717) is 24.3 Å². The molecule has 0 aliphatic carbocycles. The molecule has 1 aromatic carbocycles. The van der Waals surface area contributed by atoms with E-state index in [1.807, 2.05) is 0 Å². The summed E-state index contributed by atoms with van der Waals surface area (Å²) in [7, 11) is 1.68. The molecule has 0 radical (unpaired) electrons. The molecule has 3 fully saturated rings. The molecule has 4 aliphatic rings. The largest absolute Gasteiger partial charge is 0.492 e. The van der Waals surface area contributed by atoms with Gasteiger partial charge in [0.2, 0.25) is 0 Å². The van der Waals surface area contributed by atoms with E-state index in [1.165, 1.54) is 6.07 Å². The Morgan fingerprint density at radius 1 is 1.09 bits per heavy atom. The Labute approximate surface area is 277 Å². The number of carbonyl (C=O) groups is 1. The number of amides is 1. The van der Waals surface area contributed by atoms with Crippen molar-refractivity contribution in [2.45, 2.75) is 86.5 Å². The molecule has 5 rings (SSSR count). The lowest BCUT2D eigenvalue weighted by Gasteiger charge is -2.41. The number of fused-ring (bicyclic) bond motifs is 1. The SMILES string of the molecule is COCCCN1CCC(NC(=O)c2cc(Cl)c(NC3(CO)O[C@H](CO)[C@@H](O[C@@H]4O[C@H](CO)[C@H](O)[C@H](O)[C@H]4O)[C@@H]3O)c3c2OCC3)CC1. The molecule has 266 valence electrons. The quantitative estimate of drug-likeness (QED) is 0.0977. The highest BCUT2D eigenvalue weighted by atomic mass is 35.5. The summed E-state index contributed by atoms with van der Waals surface area (Å²) in [6, 6.07) is 1.42. The fourth-order valence-corrected chi connectivity index (χ4v) is 6.91. The third kappa shape index (κ3) is 7.50. The predicted molar refractivity (Wildman–Crippen MR) is 164 cm³/mol. The topological polar surface area (TPSA) is 232 Å². The number of methoxy groups -OCH3 is 1. The van der Waals surface area contributed by atoms with E-state index >= 15 is 0 Å². The lowest BCUT2D eigenvalue weighted by atomic mass is 9.98. The number of rotatable bonds is 13. The van der Waals surface area contributed by atoms with E-state index < -0.39 is 74.6 Å². The zero-order chi connectivity index (χ0) is 33.9. The maximum absolute atomic E-state index is 13.4. The van der Waals surface area contributed by atoms with Crippen LogP contribution in [0.1, 0.15) is 35.2 Å². The van der Waals surface area contributed by atoms with E-state index in [1.54, 1.807) is 7.11 Å². The maximum atomic E-state index is 13.4. The Kier molecular flexibility index (Phi) is 12.2. The molecule has 1 aromatic rings. The highest BCUT2D eigenvalue weighted by molar-refractivity contribution is 6.34. The van der Waals surface area contributed by atoms with Gasteiger partial charge in [0, 0.05) is 51.4 Å². The number of aliphatic hydroxyl groups is 7. The number of aliphatic hydroxyl groups excluding tert-OH is 7. The Hall–Kier alpha value is -1.90. The smallest absolute Gasteiger partial charge is 0.255 e. The number of nitrogens with zero attached hydrogens (tertiary/aromatic N) is 1. The van der Waals surface area contributed by atoms with Crippen molar-refractivity contribution in [1.29, 1.82) is 0 Å². The molecule has 17 heteroatoms. The third-order valence-electron chi connectivity index (χ3n) is 9.33. The first-order chi connectivity index (χ1) is 22.6. The first-order valence-electron chi connectivity index (χ1n) is 15.9. The van der Waals surface area contributed by atoms with Gasteiger partial charge in [-0.1, -0.05) is 11.6 Å². The Balaban J connectivity index is 1.31. The van der Waals surface area contributed by atoms with Crippen molar-refractivity contribution in [2.75, 3.05) is 65.1 Å². The molecule has 1 unspecified atom stereocenters. The van der Waals surface area contributed by atoms with Crippen molar-refractivity contribution in [3.8, 4) is 5.75 Å². The second-order valence-corrected chi connectivity index (χ2v) is 12.8. The van der Waals surface area contributed by atoms with Crippen molar-refractivity contribution < 1.29 is 64.2 Å². The van der Waals surface area contributed by atoms with Gasteiger partial charge in [-0.3, -0.25) is 4.79 Å². The highest BCUT2D eigenvalue weighted by Gasteiger charge is 2.58. The van der Waals surface area contributed by atoms with E-state index in [9.17, 15) is 40.5 Å². The summed E-state index contributed by atoms with van der Waals surface area (Å²) < 4.78 is 28.0. The van der Waals surface area contributed by atoms with Gasteiger partial charge in [0.15, 0.2) is 12.0 Å². The van der Waals surface area contributed by atoms with Gasteiger partial charge < -0.3 is 75.0 Å². The number of halogens is 1. The van der Waals surface area contributed by atoms with E-state index in [0.717, 1.165) is 38.9 Å². The molecule has 0 spiro atoms. The summed E-state index contributed by atoms with van der Waals surface area (Å²) >= 11 is 6.73. The van der Waals surface area contributed by atoms with Crippen LogP contribution in [0.4, 0.5) is 5.69 Å². The third-order valence-corrected chi connectivity index (χ3v) is 9.63. The van der Waals surface area contributed by atoms with E-state index in [4.69, 9.17) is 35.3 Å². The minimum atomic E-state index is -1.99. The van der Waals surface area contributed by atoms with Crippen LogP contribution >= 0.6 is 11.6 Å². The molecule has 0 saturated carbocycles. The van der Waals surface area contributed by atoms with Crippen LogP contribution in [0.15, 0.2) is 6.07 Å². The lowest BCUT2D eigenvalue weighted by Crippen LogP contribution is -2.61. The molecule has 0 aromatic heterocycles. The second-order valence-electron chi connectivity index (χ2n) is 12.4. The number of likely N-dealkylation sites (tertiary alicyclic amines) is 1. The summed E-state index contributed by atoms with van der Waals surface area (Å²) in [6.07, 6.45) is -9.59. The monoisotopic (exact) mass is 691 g/mol. The van der Waals surface area contributed by atoms with Crippen molar-refractivity contribution in [3.05, 3.63) is 22.2 Å². The molecule has 9 N–H and O–H groups in total. The second kappa shape index (κ2) is 15.8. The zero-order valence-corrected chi connectivity index (χ0v) is 26.9. The fourth-order valence-electron chi connectivity index (χ4n) is 6.64. The lowest BCUT2D eigenvalue weighted by molar-refractivity contribution is -0.318. The van der Waals surface area contributed by atoms with Crippen LogP contribution in [-0.4, -0.2) is 167 Å². The molecule has 4 heterocycles. The zero-order valence-electron chi connectivity index (χ0n) is 26.2. The van der Waals surface area contributed by atoms with Gasteiger partial charge in [0.25, 0.3) is 5.91 Å². The molecule has 4 aliphatic heterocycles. The van der Waals surface area contributed by atoms with Gasteiger partial charge in [-0.2, -0.15) is 0 Å². The highest BCUT2D eigenvalue weighted by Crippen LogP contribution is 2.44. The summed E-state index contributed by atoms with van der Waals surface area (Å²) in [6.45, 7) is 1.38. The van der Waals surface area contributed by atoms with Gasteiger partial charge >= 0.3 is 0 Å². The summed E-state index contributed by atoms with van der Waals surface area (Å²) in [5.41, 5.74) is -0.984. The minimum Gasteiger partial charge on any atom is -0.492 e. The first-order valence-corrected chi connectivity index (χ1v) is 16.3. The average Bonchev–Trinajstić information content (AvgIpc) is 3.66. The predicted octanol–water partition coefficient (Wildman–Crippen LogP) is -2.46. The number of carbonyl (C=O) groups excluding carboxylic acids is 1. The minimum absolute atomic E-state index is 0.0226. The number of anilines is 1. The van der Waals surface area contributed by atoms with Crippen molar-refractivity contribution in [1.82, 2.24) is 10.2 Å². The molecule has 3 saturated heterocycles. The van der Waals surface area contributed by atoms with Crippen LogP contribution in [0.2, 0.25) is 5.02 Å². The number of benzene rings is 1. The van der Waals surface area contributed by atoms with Crippen LogP contribution < -0.4 is 15.4 Å². The normalized spacial score (nSPS) is 34.7. The average molecular weight is 692 g/mol. The molecular formula is C30H46ClN3O13. The van der Waals surface area contributed by atoms with Crippen LogP contribution in [-0.2, 0) is 25.4 Å². The van der Waals surface area contributed by atoms with Gasteiger partial charge in [-0.25, -0.2) is 0 Å². The molecular weight excluding hydrogens is 646 g/mol. The number of hydrogen-bond acceptors (Lipinski definition) is 15. The fraction of sp³-hybridized carbons (Fsp3) is 0.767. The number of ether oxygens (including phenoxy) is 5. The van der Waals surface area contributed by atoms with Gasteiger partial charge in [0.05, 0.1) is 42.7 Å². The van der Waals surface area contributed by atoms with Crippen molar-refractivity contribution >= 4 is 23.2 Å². The number of nitrogens with one attached hydrogen (secondary N) is 2. The van der Waals surface area contributed by atoms with Crippen LogP contribution in [0.25, 0.3) is 0 Å². The standard InChI is InChI=1S/C30H46ClN3O13/c1-43-9-2-6-34-7-3-15(4-8-34)32-28(42)17-11-18(31)21(16-5-10-44-25(16)17)33-30(14-37)27(41)26(20(13-36)47-30)46-29-24(40)23(39)22(38)19(12-35)45-29/h11,15,19-20,22-24,26-27,29,33,35-41H,2-10,12-14H2,1H3,(H,32,42)/t19-,20-,22+,23+,24-,26-,27+,29+,30?/m1/s1. The van der Waals surface area contributed by atoms with Crippen LogP contribution in [0.5, 0.6) is 5.75 Å². The summed E-state index contributed by atoms with van der Waals surface area (Å²) in [5, 5.41) is 78.4. The molecule has 47 heavy (non-hydrogen) atoms. The van der Waals surface area contributed by atoms with Gasteiger partial charge in [0.1, 0.15) is 48.5 Å². The Bertz CT molecular complexity index is 1220. The molecule has 0 bridgehead atoms. The van der Waals surface area contributed by atoms with Crippen LogP contribution in [0.3, 0.4) is 0 Å². The van der Waals surface area contributed by atoms with Crippen molar-refractivity contribution in [2.24, 2.45) is 0 Å². The maximum Gasteiger partial charge on any atom is 0.255 e. The van der Waals surface area contributed by atoms with Gasteiger partial charge in [-0.05, 0) is 25.3 Å².